The van der Waals surface area contributed by atoms with Crippen LogP contribution in [0.3, 0.4) is 0 Å². The summed E-state index contributed by atoms with van der Waals surface area (Å²) in [5.41, 5.74) is 0.461. The summed E-state index contributed by atoms with van der Waals surface area (Å²) in [5, 5.41) is 11.2. The Morgan fingerprint density at radius 3 is 2.48 bits per heavy atom. The molecule has 2 N–H and O–H groups in total. The molecule has 0 aliphatic carbocycles. The number of benzene rings is 1. The highest BCUT2D eigenvalue weighted by Crippen LogP contribution is 2.27. The maximum absolute atomic E-state index is 14.1. The maximum Gasteiger partial charge on any atom is 0.317 e. The summed E-state index contributed by atoms with van der Waals surface area (Å²) in [7, 11) is 0. The third-order valence-corrected chi connectivity index (χ3v) is 4.37. The normalized spacial score (nSPS) is 16.5. The molecule has 0 bridgehead atoms. The lowest BCUT2D eigenvalue weighted by molar-refractivity contribution is -0.136. The van der Waals surface area contributed by atoms with Gasteiger partial charge in [-0.15, -0.1) is 0 Å². The number of aliphatic carboxylic acids is 1. The second kappa shape index (κ2) is 8.75. The van der Waals surface area contributed by atoms with E-state index in [0.29, 0.717) is 38.2 Å². The number of piperazine rings is 1. The van der Waals surface area contributed by atoms with Crippen LogP contribution < -0.4 is 5.32 Å². The van der Waals surface area contributed by atoms with Crippen LogP contribution in [0.5, 0.6) is 0 Å². The summed E-state index contributed by atoms with van der Waals surface area (Å²) in [6, 6.07) is 3.17. The fraction of sp³-hybridized carbons (Fsp3) is 0.529. The molecule has 1 saturated heterocycles. The van der Waals surface area contributed by atoms with Gasteiger partial charge in [0.1, 0.15) is 11.6 Å². The Bertz CT molecular complexity index is 619. The monoisotopic (exact) mass is 355 g/mol. The molecule has 1 aliphatic heterocycles. The zero-order valence-electron chi connectivity index (χ0n) is 14.2. The first-order valence-corrected chi connectivity index (χ1v) is 8.36. The molecule has 138 valence electrons. The number of carboxylic acids is 1. The molecule has 2 amide bonds. The summed E-state index contributed by atoms with van der Waals surface area (Å²) in [5.74, 6) is -2.11. The van der Waals surface area contributed by atoms with Crippen molar-refractivity contribution in [2.75, 3.05) is 32.7 Å². The van der Waals surface area contributed by atoms with E-state index in [0.717, 1.165) is 6.07 Å². The highest BCUT2D eigenvalue weighted by Gasteiger charge is 2.27. The van der Waals surface area contributed by atoms with Crippen LogP contribution in [0.4, 0.5) is 13.6 Å². The van der Waals surface area contributed by atoms with E-state index in [4.69, 9.17) is 5.11 Å². The molecule has 0 aromatic heterocycles. The fourth-order valence-corrected chi connectivity index (χ4v) is 3.07. The number of carbonyl (C=O) groups is 2. The molecule has 0 spiro atoms. The number of hydrogen-bond donors (Lipinski definition) is 2. The van der Waals surface area contributed by atoms with Crippen molar-refractivity contribution in [3.63, 3.8) is 0 Å². The Kier molecular flexibility index (Phi) is 6.69. The van der Waals surface area contributed by atoms with E-state index >= 15 is 0 Å². The predicted octanol–water partition coefficient (Wildman–Crippen LogP) is 2.22. The number of rotatable bonds is 6. The Morgan fingerprint density at radius 2 is 1.92 bits per heavy atom. The van der Waals surface area contributed by atoms with Gasteiger partial charge < -0.3 is 15.3 Å². The molecule has 1 aromatic rings. The van der Waals surface area contributed by atoms with E-state index in [1.165, 1.54) is 12.1 Å². The molecule has 1 fully saturated rings. The molecular formula is C17H23F2N3O3. The molecule has 1 heterocycles. The SMILES string of the molecule is CCC(c1ccc(F)cc1F)N1CCN(C(=O)NCCC(=O)O)CC1. The van der Waals surface area contributed by atoms with Crippen molar-refractivity contribution < 1.29 is 23.5 Å². The highest BCUT2D eigenvalue weighted by atomic mass is 19.1. The molecule has 1 aromatic carbocycles. The Balaban J connectivity index is 1.91. The maximum atomic E-state index is 14.1. The lowest BCUT2D eigenvalue weighted by atomic mass is 10.0. The van der Waals surface area contributed by atoms with E-state index < -0.39 is 17.6 Å². The molecule has 8 heteroatoms. The molecule has 1 atom stereocenters. The summed E-state index contributed by atoms with van der Waals surface area (Å²) in [6.07, 6.45) is 0.556. The third-order valence-electron chi connectivity index (χ3n) is 4.37. The van der Waals surface area contributed by atoms with Crippen LogP contribution in [0, 0.1) is 11.6 Å². The first kappa shape index (κ1) is 19.1. The van der Waals surface area contributed by atoms with Gasteiger partial charge in [-0.05, 0) is 12.5 Å². The molecule has 1 aliphatic rings. The molecule has 1 unspecified atom stereocenters. The number of hydrogen-bond acceptors (Lipinski definition) is 3. The van der Waals surface area contributed by atoms with Crippen molar-refractivity contribution in [3.8, 4) is 0 Å². The Morgan fingerprint density at radius 1 is 1.24 bits per heavy atom. The minimum Gasteiger partial charge on any atom is -0.481 e. The Hall–Kier alpha value is -2.22. The van der Waals surface area contributed by atoms with Crippen LogP contribution in [0.1, 0.15) is 31.4 Å². The highest BCUT2D eigenvalue weighted by molar-refractivity contribution is 5.75. The molecule has 6 nitrogen and oxygen atoms in total. The summed E-state index contributed by atoms with van der Waals surface area (Å²) in [4.78, 5) is 26.2. The van der Waals surface area contributed by atoms with Crippen molar-refractivity contribution in [3.05, 3.63) is 35.4 Å². The van der Waals surface area contributed by atoms with Crippen LogP contribution in [-0.2, 0) is 4.79 Å². The first-order chi connectivity index (χ1) is 11.9. The van der Waals surface area contributed by atoms with Crippen LogP contribution in [0.25, 0.3) is 0 Å². The number of halogens is 2. The summed E-state index contributed by atoms with van der Waals surface area (Å²) < 4.78 is 27.2. The van der Waals surface area contributed by atoms with Crippen LogP contribution >= 0.6 is 0 Å². The van der Waals surface area contributed by atoms with Crippen molar-refractivity contribution >= 4 is 12.0 Å². The minimum absolute atomic E-state index is 0.0900. The van der Waals surface area contributed by atoms with Crippen molar-refractivity contribution in [2.45, 2.75) is 25.8 Å². The molecule has 0 saturated carbocycles. The van der Waals surface area contributed by atoms with Gasteiger partial charge in [0.25, 0.3) is 0 Å². The van der Waals surface area contributed by atoms with E-state index in [-0.39, 0.29) is 25.0 Å². The Labute approximate surface area is 145 Å². The summed E-state index contributed by atoms with van der Waals surface area (Å²) >= 11 is 0. The number of urea groups is 1. The predicted molar refractivity (Wildman–Crippen MR) is 88.2 cm³/mol. The van der Waals surface area contributed by atoms with Gasteiger partial charge in [0.05, 0.1) is 6.42 Å². The van der Waals surface area contributed by atoms with E-state index in [1.54, 1.807) is 4.90 Å². The summed E-state index contributed by atoms with van der Waals surface area (Å²) in [6.45, 7) is 4.12. The lowest BCUT2D eigenvalue weighted by Crippen LogP contribution is -2.52. The van der Waals surface area contributed by atoms with Crippen molar-refractivity contribution in [1.29, 1.82) is 0 Å². The number of nitrogens with one attached hydrogen (secondary N) is 1. The lowest BCUT2D eigenvalue weighted by Gasteiger charge is -2.39. The molecule has 2 rings (SSSR count). The second-order valence-electron chi connectivity index (χ2n) is 5.99. The smallest absolute Gasteiger partial charge is 0.317 e. The average molecular weight is 355 g/mol. The van der Waals surface area contributed by atoms with Gasteiger partial charge in [0, 0.05) is 50.4 Å². The van der Waals surface area contributed by atoms with Gasteiger partial charge in [-0.25, -0.2) is 13.6 Å². The quantitative estimate of drug-likeness (QED) is 0.821. The van der Waals surface area contributed by atoms with Crippen LogP contribution in [0.15, 0.2) is 18.2 Å². The van der Waals surface area contributed by atoms with Crippen molar-refractivity contribution in [1.82, 2.24) is 15.1 Å². The van der Waals surface area contributed by atoms with Crippen molar-refractivity contribution in [2.24, 2.45) is 0 Å². The van der Waals surface area contributed by atoms with Gasteiger partial charge in [-0.1, -0.05) is 13.0 Å². The average Bonchev–Trinajstić information content (AvgIpc) is 2.57. The van der Waals surface area contributed by atoms with Gasteiger partial charge in [-0.3, -0.25) is 9.69 Å². The van der Waals surface area contributed by atoms with E-state index in [1.807, 2.05) is 6.92 Å². The number of carboxylic acid groups (broad SMARTS) is 1. The fourth-order valence-electron chi connectivity index (χ4n) is 3.07. The molecule has 25 heavy (non-hydrogen) atoms. The van der Waals surface area contributed by atoms with E-state index in [9.17, 15) is 18.4 Å². The largest absolute Gasteiger partial charge is 0.481 e. The number of amides is 2. The van der Waals surface area contributed by atoms with Gasteiger partial charge in [0.15, 0.2) is 0 Å². The minimum atomic E-state index is -0.961. The van der Waals surface area contributed by atoms with Gasteiger partial charge >= 0.3 is 12.0 Å². The third kappa shape index (κ3) is 5.12. The molecule has 0 radical (unpaired) electrons. The zero-order valence-corrected chi connectivity index (χ0v) is 14.2. The van der Waals surface area contributed by atoms with Gasteiger partial charge in [0.2, 0.25) is 0 Å². The zero-order chi connectivity index (χ0) is 18.4. The topological polar surface area (TPSA) is 72.9 Å². The number of nitrogens with zero attached hydrogens (tertiary/aromatic N) is 2. The standard InChI is InChI=1S/C17H23F2N3O3/c1-2-15(13-4-3-12(18)11-14(13)19)21-7-9-22(10-8-21)17(25)20-6-5-16(23)24/h3-4,11,15H,2,5-10H2,1H3,(H,20,25)(H,23,24). The van der Waals surface area contributed by atoms with Crippen LogP contribution in [0.2, 0.25) is 0 Å². The second-order valence-corrected chi connectivity index (χ2v) is 5.99. The van der Waals surface area contributed by atoms with Crippen LogP contribution in [-0.4, -0.2) is 59.6 Å². The van der Waals surface area contributed by atoms with E-state index in [2.05, 4.69) is 10.2 Å². The molecular weight excluding hydrogens is 332 g/mol. The number of carbonyl (C=O) groups excluding carboxylic acids is 1. The first-order valence-electron chi connectivity index (χ1n) is 8.36. The van der Waals surface area contributed by atoms with Gasteiger partial charge in [-0.2, -0.15) is 0 Å².